The van der Waals surface area contributed by atoms with Crippen LogP contribution in [0.15, 0.2) is 0 Å². The summed E-state index contributed by atoms with van der Waals surface area (Å²) in [5.41, 5.74) is 0. The van der Waals surface area contributed by atoms with Gasteiger partial charge in [-0.2, -0.15) is 12.6 Å². The lowest BCUT2D eigenvalue weighted by Gasteiger charge is -1.99. The summed E-state index contributed by atoms with van der Waals surface area (Å²) in [6.07, 6.45) is 9.45. The van der Waals surface area contributed by atoms with Gasteiger partial charge in [0.1, 0.15) is 10.7 Å². The summed E-state index contributed by atoms with van der Waals surface area (Å²) in [6.45, 7) is 0. The Morgan fingerprint density at radius 1 is 0.714 bits per heavy atom. The summed E-state index contributed by atoms with van der Waals surface area (Å²) in [4.78, 5) is 0. The molecule has 2 nitrogen and oxygen atoms in total. The van der Waals surface area contributed by atoms with Crippen LogP contribution in [0.3, 0.4) is 0 Å². The fourth-order valence-electron chi connectivity index (χ4n) is 1.41. The van der Waals surface area contributed by atoms with E-state index in [4.69, 9.17) is 0 Å². The number of thiol groups is 2. The van der Waals surface area contributed by atoms with E-state index < -0.39 is 10.7 Å². The van der Waals surface area contributed by atoms with Gasteiger partial charge >= 0.3 is 0 Å². The molecular weight excluding hydrogens is 216 g/mol. The molecule has 0 aliphatic rings. The molecule has 0 heterocycles. The van der Waals surface area contributed by atoms with Crippen LogP contribution in [-0.2, 0) is 10.7 Å². The SMILES string of the molecule is O=[SH](=O)CCCCCCCCCCS. The molecule has 0 saturated heterocycles. The Kier molecular flexibility index (Phi) is 11.6. The number of hydrogen-bond donors (Lipinski definition) is 2. The Labute approximate surface area is 94.8 Å². The highest BCUT2D eigenvalue weighted by Gasteiger charge is 1.92. The first-order valence-corrected chi connectivity index (χ1v) is 7.49. The molecule has 0 radical (unpaired) electrons. The first kappa shape index (κ1) is 14.3. The van der Waals surface area contributed by atoms with E-state index >= 15 is 0 Å². The van der Waals surface area contributed by atoms with Gasteiger partial charge in [0, 0.05) is 5.75 Å². The Balaban J connectivity index is 2.92. The van der Waals surface area contributed by atoms with Crippen molar-refractivity contribution in [1.82, 2.24) is 0 Å². The number of unbranched alkanes of at least 4 members (excludes halogenated alkanes) is 7. The maximum absolute atomic E-state index is 10.2. The zero-order valence-electron chi connectivity index (χ0n) is 8.78. The van der Waals surface area contributed by atoms with Crippen molar-refractivity contribution in [2.24, 2.45) is 0 Å². The molecule has 0 aromatic rings. The van der Waals surface area contributed by atoms with Gasteiger partial charge in [-0.1, -0.05) is 38.5 Å². The molecule has 0 rings (SSSR count). The lowest BCUT2D eigenvalue weighted by atomic mass is 10.1. The summed E-state index contributed by atoms with van der Waals surface area (Å²) in [6, 6.07) is 0. The lowest BCUT2D eigenvalue weighted by molar-refractivity contribution is 0.580. The van der Waals surface area contributed by atoms with Gasteiger partial charge in [-0.3, -0.25) is 0 Å². The molecule has 0 aliphatic carbocycles. The predicted octanol–water partition coefficient (Wildman–Crippen LogP) is 2.65. The summed E-state index contributed by atoms with van der Waals surface area (Å²) >= 11 is 4.15. The van der Waals surface area contributed by atoms with Gasteiger partial charge in [-0.05, 0) is 18.6 Å². The van der Waals surface area contributed by atoms with Crippen molar-refractivity contribution in [3.63, 3.8) is 0 Å². The predicted molar refractivity (Wildman–Crippen MR) is 66.0 cm³/mol. The van der Waals surface area contributed by atoms with Gasteiger partial charge in [0.2, 0.25) is 0 Å². The van der Waals surface area contributed by atoms with Crippen LogP contribution in [0.5, 0.6) is 0 Å². The lowest BCUT2D eigenvalue weighted by Crippen LogP contribution is -1.88. The largest absolute Gasteiger partial charge is 0.232 e. The van der Waals surface area contributed by atoms with Crippen molar-refractivity contribution < 1.29 is 8.42 Å². The fraction of sp³-hybridized carbons (Fsp3) is 1.00. The van der Waals surface area contributed by atoms with Crippen LogP contribution < -0.4 is 0 Å². The number of hydrogen-bond acceptors (Lipinski definition) is 3. The minimum Gasteiger partial charge on any atom is -0.232 e. The molecular formula is C10H22O2S2. The van der Waals surface area contributed by atoms with Crippen LogP contribution in [-0.4, -0.2) is 19.9 Å². The molecule has 0 atom stereocenters. The van der Waals surface area contributed by atoms with Crippen molar-refractivity contribution in [3.8, 4) is 0 Å². The van der Waals surface area contributed by atoms with Crippen LogP contribution in [0.1, 0.15) is 51.4 Å². The topological polar surface area (TPSA) is 34.1 Å². The normalized spacial score (nSPS) is 11.0. The molecule has 0 spiro atoms. The number of rotatable bonds is 10. The first-order chi connectivity index (χ1) is 6.77. The maximum Gasteiger partial charge on any atom is 0.140 e. The average Bonchev–Trinajstić information content (AvgIpc) is 2.15. The third-order valence-electron chi connectivity index (χ3n) is 2.25. The monoisotopic (exact) mass is 238 g/mol. The zero-order valence-corrected chi connectivity index (χ0v) is 10.6. The van der Waals surface area contributed by atoms with Crippen molar-refractivity contribution in [3.05, 3.63) is 0 Å². The van der Waals surface area contributed by atoms with E-state index in [1.54, 1.807) is 0 Å². The van der Waals surface area contributed by atoms with Gasteiger partial charge in [-0.25, -0.2) is 8.42 Å². The second-order valence-corrected chi connectivity index (χ2v) is 5.17. The van der Waals surface area contributed by atoms with E-state index in [2.05, 4.69) is 12.6 Å². The molecule has 4 heteroatoms. The van der Waals surface area contributed by atoms with Gasteiger partial charge in [0.25, 0.3) is 0 Å². The van der Waals surface area contributed by atoms with Crippen LogP contribution >= 0.6 is 12.6 Å². The average molecular weight is 238 g/mol. The van der Waals surface area contributed by atoms with E-state index in [0.29, 0.717) is 5.75 Å². The van der Waals surface area contributed by atoms with Gasteiger partial charge in [0.05, 0.1) is 0 Å². The summed E-state index contributed by atoms with van der Waals surface area (Å²) in [5, 5.41) is 0. The molecule has 0 aromatic heterocycles. The highest BCUT2D eigenvalue weighted by molar-refractivity contribution is 7.80. The molecule has 86 valence electrons. The maximum atomic E-state index is 10.2. The first-order valence-electron chi connectivity index (χ1n) is 5.50. The molecule has 0 saturated carbocycles. The standard InChI is InChI=1S/C10H22O2S2/c11-14(12)10-8-6-4-2-1-3-5-7-9-13/h13-14H,1-10H2. The molecule has 0 aromatic carbocycles. The van der Waals surface area contributed by atoms with E-state index in [9.17, 15) is 8.42 Å². The van der Waals surface area contributed by atoms with Crippen LogP contribution in [0.25, 0.3) is 0 Å². The van der Waals surface area contributed by atoms with Gasteiger partial charge < -0.3 is 0 Å². The fourth-order valence-corrected chi connectivity index (χ4v) is 2.12. The van der Waals surface area contributed by atoms with Crippen molar-refractivity contribution in [2.45, 2.75) is 51.4 Å². The minimum atomic E-state index is -2.14. The second kappa shape index (κ2) is 11.4. The van der Waals surface area contributed by atoms with Gasteiger partial charge in [-0.15, -0.1) is 0 Å². The van der Waals surface area contributed by atoms with Crippen molar-refractivity contribution in [1.29, 1.82) is 0 Å². The molecule has 0 fully saturated rings. The van der Waals surface area contributed by atoms with Crippen LogP contribution in [0.2, 0.25) is 0 Å². The third kappa shape index (κ3) is 12.3. The van der Waals surface area contributed by atoms with Crippen LogP contribution in [0, 0.1) is 0 Å². The van der Waals surface area contributed by atoms with E-state index in [0.717, 1.165) is 18.6 Å². The van der Waals surface area contributed by atoms with E-state index in [1.807, 2.05) is 0 Å². The summed E-state index contributed by atoms with van der Waals surface area (Å²) in [7, 11) is -2.14. The molecule has 0 amide bonds. The second-order valence-electron chi connectivity index (χ2n) is 3.61. The smallest absolute Gasteiger partial charge is 0.140 e. The minimum absolute atomic E-state index is 0.370. The quantitative estimate of drug-likeness (QED) is 0.453. The molecule has 0 unspecified atom stereocenters. The molecule has 14 heavy (non-hydrogen) atoms. The Hall–Kier alpha value is 0.300. The molecule has 0 N–H and O–H groups in total. The Bertz CT molecular complexity index is 171. The van der Waals surface area contributed by atoms with Crippen molar-refractivity contribution in [2.75, 3.05) is 11.5 Å². The Morgan fingerprint density at radius 2 is 1.14 bits per heavy atom. The van der Waals surface area contributed by atoms with Crippen molar-refractivity contribution >= 4 is 23.3 Å². The van der Waals surface area contributed by atoms with Gasteiger partial charge in [0.15, 0.2) is 0 Å². The third-order valence-corrected chi connectivity index (χ3v) is 3.25. The Morgan fingerprint density at radius 3 is 1.57 bits per heavy atom. The zero-order chi connectivity index (χ0) is 10.6. The molecule has 0 aliphatic heterocycles. The summed E-state index contributed by atoms with van der Waals surface area (Å²) in [5.74, 6) is 1.37. The summed E-state index contributed by atoms with van der Waals surface area (Å²) < 4.78 is 20.5. The van der Waals surface area contributed by atoms with Crippen LogP contribution in [0.4, 0.5) is 0 Å². The highest BCUT2D eigenvalue weighted by atomic mass is 32.2. The highest BCUT2D eigenvalue weighted by Crippen LogP contribution is 2.08. The molecule has 0 bridgehead atoms. The van der Waals surface area contributed by atoms with E-state index in [1.165, 1.54) is 38.5 Å². The van der Waals surface area contributed by atoms with E-state index in [-0.39, 0.29) is 0 Å².